The molecule has 0 unspecified atom stereocenters. The molecule has 0 atom stereocenters. The summed E-state index contributed by atoms with van der Waals surface area (Å²) < 4.78 is 0.810. The van der Waals surface area contributed by atoms with Crippen molar-refractivity contribution in [2.24, 2.45) is 0 Å². The third kappa shape index (κ3) is 2.50. The lowest BCUT2D eigenvalue weighted by Gasteiger charge is -2.10. The van der Waals surface area contributed by atoms with Crippen molar-refractivity contribution >= 4 is 33.1 Å². The molecule has 2 rings (SSSR count). The monoisotopic (exact) mass is 311 g/mol. The highest BCUT2D eigenvalue weighted by Gasteiger charge is 2.14. The van der Waals surface area contributed by atoms with Gasteiger partial charge in [0.05, 0.1) is 15.0 Å². The summed E-state index contributed by atoms with van der Waals surface area (Å²) in [4.78, 5) is 11.2. The molecule has 0 aromatic carbocycles. The van der Waals surface area contributed by atoms with Crippen LogP contribution in [0.4, 0.5) is 5.82 Å². The van der Waals surface area contributed by atoms with E-state index in [1.54, 1.807) is 11.3 Å². The number of hydrogen-bond acceptors (Lipinski definition) is 4. The molecule has 0 aliphatic rings. The summed E-state index contributed by atoms with van der Waals surface area (Å²) in [5.74, 6) is 1.53. The highest BCUT2D eigenvalue weighted by molar-refractivity contribution is 9.10. The highest BCUT2D eigenvalue weighted by atomic mass is 79.9. The summed E-state index contributed by atoms with van der Waals surface area (Å²) in [6.07, 6.45) is 0. The summed E-state index contributed by atoms with van der Waals surface area (Å²) in [5, 5.41) is 0. The fourth-order valence-electron chi connectivity index (χ4n) is 1.53. The molecule has 0 radical (unpaired) electrons. The zero-order valence-corrected chi connectivity index (χ0v) is 12.4. The van der Waals surface area contributed by atoms with Gasteiger partial charge in [-0.15, -0.1) is 11.3 Å². The van der Waals surface area contributed by atoms with E-state index in [9.17, 15) is 0 Å². The van der Waals surface area contributed by atoms with E-state index >= 15 is 0 Å². The van der Waals surface area contributed by atoms with Crippen molar-refractivity contribution in [1.29, 1.82) is 0 Å². The van der Waals surface area contributed by atoms with E-state index in [1.165, 1.54) is 4.88 Å². The van der Waals surface area contributed by atoms with E-state index < -0.39 is 0 Å². The highest BCUT2D eigenvalue weighted by Crippen LogP contribution is 2.32. The van der Waals surface area contributed by atoms with Gasteiger partial charge in [0.1, 0.15) is 5.82 Å². The largest absolute Gasteiger partial charge is 0.383 e. The molecule has 2 N–H and O–H groups in total. The first-order valence-electron chi connectivity index (χ1n) is 5.38. The second-order valence-corrected chi connectivity index (χ2v) is 6.28. The van der Waals surface area contributed by atoms with E-state index in [0.29, 0.717) is 17.6 Å². The Morgan fingerprint density at radius 3 is 2.53 bits per heavy atom. The van der Waals surface area contributed by atoms with Gasteiger partial charge in [-0.1, -0.05) is 13.8 Å². The first kappa shape index (κ1) is 12.5. The Bertz CT molecular complexity index is 549. The van der Waals surface area contributed by atoms with Crippen LogP contribution < -0.4 is 5.73 Å². The van der Waals surface area contributed by atoms with Crippen molar-refractivity contribution in [3.05, 3.63) is 27.2 Å². The number of halogens is 1. The van der Waals surface area contributed by atoms with Crippen molar-refractivity contribution in [3.8, 4) is 10.7 Å². The van der Waals surface area contributed by atoms with Gasteiger partial charge >= 0.3 is 0 Å². The van der Waals surface area contributed by atoms with Gasteiger partial charge in [-0.05, 0) is 40.9 Å². The number of nitrogens with two attached hydrogens (primary N) is 1. The van der Waals surface area contributed by atoms with Gasteiger partial charge in [-0.2, -0.15) is 0 Å². The molecule has 0 amide bonds. The average molecular weight is 312 g/mol. The summed E-state index contributed by atoms with van der Waals surface area (Å²) in [6.45, 7) is 6.26. The average Bonchev–Trinajstić information content (AvgIpc) is 2.68. The Morgan fingerprint density at radius 1 is 1.29 bits per heavy atom. The molecule has 90 valence electrons. The molecule has 3 nitrogen and oxygen atoms in total. The van der Waals surface area contributed by atoms with Gasteiger partial charge < -0.3 is 5.73 Å². The molecule has 5 heteroatoms. The van der Waals surface area contributed by atoms with Gasteiger partial charge in [-0.25, -0.2) is 9.97 Å². The van der Waals surface area contributed by atoms with Crippen LogP contribution in [0.25, 0.3) is 10.7 Å². The molecule has 2 aromatic heterocycles. The minimum Gasteiger partial charge on any atom is -0.383 e. The third-order valence-corrected chi connectivity index (χ3v) is 4.22. The molecule has 17 heavy (non-hydrogen) atoms. The smallest absolute Gasteiger partial charge is 0.171 e. The molecular weight excluding hydrogens is 298 g/mol. The van der Waals surface area contributed by atoms with Gasteiger partial charge in [-0.3, -0.25) is 0 Å². The molecule has 0 saturated heterocycles. The number of anilines is 1. The molecule has 0 saturated carbocycles. The number of hydrogen-bond donors (Lipinski definition) is 1. The Labute approximate surface area is 113 Å². The fourth-order valence-corrected chi connectivity index (χ4v) is 2.97. The summed E-state index contributed by atoms with van der Waals surface area (Å²) in [5.41, 5.74) is 6.87. The molecule has 0 aliphatic heterocycles. The molecule has 0 aliphatic carbocycles. The number of nitrogen functional groups attached to an aromatic ring is 1. The van der Waals surface area contributed by atoms with Crippen molar-refractivity contribution in [1.82, 2.24) is 9.97 Å². The molecular formula is C12H14BrN3S. The van der Waals surface area contributed by atoms with Crippen LogP contribution in [0, 0.1) is 6.92 Å². The lowest BCUT2D eigenvalue weighted by Crippen LogP contribution is -2.03. The van der Waals surface area contributed by atoms with Crippen LogP contribution in [-0.2, 0) is 0 Å². The molecule has 2 aromatic rings. The number of nitrogens with zero attached hydrogens (tertiary/aromatic N) is 2. The number of rotatable bonds is 2. The van der Waals surface area contributed by atoms with Crippen LogP contribution in [0.5, 0.6) is 0 Å². The Morgan fingerprint density at radius 2 is 2.00 bits per heavy atom. The minimum absolute atomic E-state index is 0.314. The van der Waals surface area contributed by atoms with Gasteiger partial charge in [0.25, 0.3) is 0 Å². The van der Waals surface area contributed by atoms with Gasteiger partial charge in [0.2, 0.25) is 0 Å². The van der Waals surface area contributed by atoms with Crippen molar-refractivity contribution in [2.45, 2.75) is 26.7 Å². The second-order valence-electron chi connectivity index (χ2n) is 4.20. The standard InChI is InChI=1S/C12H14BrN3S/c1-6(2)10-9(13)11(14)16-12(15-10)8-5-4-7(3)17-8/h4-6H,1-3H3,(H2,14,15,16). The maximum atomic E-state index is 5.91. The second kappa shape index (κ2) is 4.74. The quantitative estimate of drug-likeness (QED) is 0.912. The van der Waals surface area contributed by atoms with Crippen LogP contribution >= 0.6 is 27.3 Å². The Hall–Kier alpha value is -0.940. The Balaban J connectivity index is 2.56. The summed E-state index contributed by atoms with van der Waals surface area (Å²) in [7, 11) is 0. The van der Waals surface area contributed by atoms with Gasteiger partial charge in [0, 0.05) is 4.88 Å². The minimum atomic E-state index is 0.314. The van der Waals surface area contributed by atoms with Crippen LogP contribution in [0.1, 0.15) is 30.3 Å². The SMILES string of the molecule is Cc1ccc(-c2nc(N)c(Br)c(C(C)C)n2)s1. The van der Waals surface area contributed by atoms with E-state index in [2.05, 4.69) is 52.7 Å². The molecule has 0 fully saturated rings. The predicted molar refractivity (Wildman–Crippen MR) is 76.3 cm³/mol. The Kier molecular flexibility index (Phi) is 3.49. The van der Waals surface area contributed by atoms with Crippen LogP contribution in [0.15, 0.2) is 16.6 Å². The number of aromatic nitrogens is 2. The maximum Gasteiger partial charge on any atom is 0.171 e. The lowest BCUT2D eigenvalue weighted by molar-refractivity contribution is 0.811. The predicted octanol–water partition coefficient (Wildman–Crippen LogP) is 3.98. The number of aryl methyl sites for hydroxylation is 1. The zero-order valence-electron chi connectivity index (χ0n) is 9.99. The van der Waals surface area contributed by atoms with E-state index in [-0.39, 0.29) is 0 Å². The van der Waals surface area contributed by atoms with Crippen molar-refractivity contribution in [3.63, 3.8) is 0 Å². The molecule has 0 bridgehead atoms. The van der Waals surface area contributed by atoms with Crippen LogP contribution in [-0.4, -0.2) is 9.97 Å². The first-order valence-corrected chi connectivity index (χ1v) is 6.99. The summed E-state index contributed by atoms with van der Waals surface area (Å²) >= 11 is 5.13. The van der Waals surface area contributed by atoms with Crippen molar-refractivity contribution < 1.29 is 0 Å². The van der Waals surface area contributed by atoms with Crippen LogP contribution in [0.2, 0.25) is 0 Å². The maximum absolute atomic E-state index is 5.91. The zero-order chi connectivity index (χ0) is 12.6. The van der Waals surface area contributed by atoms with E-state index in [1.807, 2.05) is 6.07 Å². The van der Waals surface area contributed by atoms with Gasteiger partial charge in [0.15, 0.2) is 5.82 Å². The molecule has 2 heterocycles. The first-order chi connectivity index (χ1) is 7.99. The third-order valence-electron chi connectivity index (χ3n) is 2.41. The fraction of sp³-hybridized carbons (Fsp3) is 0.333. The van der Waals surface area contributed by atoms with Crippen LogP contribution in [0.3, 0.4) is 0 Å². The summed E-state index contributed by atoms with van der Waals surface area (Å²) in [6, 6.07) is 4.10. The normalized spacial score (nSPS) is 11.1. The van der Waals surface area contributed by atoms with E-state index in [4.69, 9.17) is 5.73 Å². The van der Waals surface area contributed by atoms with E-state index in [0.717, 1.165) is 15.0 Å². The van der Waals surface area contributed by atoms with Crippen molar-refractivity contribution in [2.75, 3.05) is 5.73 Å². The number of thiophene rings is 1. The topological polar surface area (TPSA) is 51.8 Å². The molecule has 0 spiro atoms. The lowest BCUT2D eigenvalue weighted by atomic mass is 10.1.